The van der Waals surface area contributed by atoms with E-state index in [-0.39, 0.29) is 17.4 Å². The number of nitrogens with two attached hydrogens (primary N) is 1. The van der Waals surface area contributed by atoms with Gasteiger partial charge in [0.2, 0.25) is 5.91 Å². The molecule has 0 radical (unpaired) electrons. The van der Waals surface area contributed by atoms with Gasteiger partial charge in [-0.3, -0.25) is 4.79 Å². The van der Waals surface area contributed by atoms with Crippen molar-refractivity contribution in [2.24, 2.45) is 11.7 Å². The molecule has 0 spiro atoms. The van der Waals surface area contributed by atoms with E-state index in [0.717, 1.165) is 12.8 Å². The molecule has 1 aromatic carbocycles. The Balaban J connectivity index is 1.94. The molecule has 3 nitrogen and oxygen atoms in total. The molecular weight excluding hydrogens is 260 g/mol. The van der Waals surface area contributed by atoms with Gasteiger partial charge < -0.3 is 11.1 Å². The number of carbonyl (C=O) groups is 1. The topological polar surface area (TPSA) is 55.1 Å². The van der Waals surface area contributed by atoms with Crippen LogP contribution in [0.15, 0.2) is 30.3 Å². The molecule has 3 N–H and O–H groups in total. The summed E-state index contributed by atoms with van der Waals surface area (Å²) in [6.45, 7) is 4.93. The van der Waals surface area contributed by atoms with Crippen LogP contribution in [0.2, 0.25) is 0 Å². The maximum atomic E-state index is 12.4. The third-order valence-electron chi connectivity index (χ3n) is 4.72. The highest BCUT2D eigenvalue weighted by molar-refractivity contribution is 5.77. The molecule has 0 saturated heterocycles. The molecule has 2 atom stereocenters. The maximum Gasteiger partial charge on any atom is 0.221 e. The largest absolute Gasteiger partial charge is 0.353 e. The van der Waals surface area contributed by atoms with Crippen molar-refractivity contribution in [1.29, 1.82) is 0 Å². The van der Waals surface area contributed by atoms with E-state index in [1.54, 1.807) is 0 Å². The van der Waals surface area contributed by atoms with E-state index >= 15 is 0 Å². The monoisotopic (exact) mass is 288 g/mol. The zero-order valence-electron chi connectivity index (χ0n) is 13.3. The highest BCUT2D eigenvalue weighted by Gasteiger charge is 2.28. The van der Waals surface area contributed by atoms with Crippen molar-refractivity contribution in [2.45, 2.75) is 57.4 Å². The highest BCUT2D eigenvalue weighted by Crippen LogP contribution is 2.28. The minimum Gasteiger partial charge on any atom is -0.353 e. The van der Waals surface area contributed by atoms with Crippen molar-refractivity contribution in [1.82, 2.24) is 5.32 Å². The third kappa shape index (κ3) is 4.31. The molecule has 0 aromatic heterocycles. The molecule has 1 aromatic rings. The summed E-state index contributed by atoms with van der Waals surface area (Å²) < 4.78 is 0. The van der Waals surface area contributed by atoms with Crippen molar-refractivity contribution in [3.05, 3.63) is 35.9 Å². The number of hydrogen-bond donors (Lipinski definition) is 2. The van der Waals surface area contributed by atoms with Crippen molar-refractivity contribution in [3.8, 4) is 0 Å². The summed E-state index contributed by atoms with van der Waals surface area (Å²) in [6, 6.07) is 10.5. The first-order chi connectivity index (χ1) is 10.0. The van der Waals surface area contributed by atoms with E-state index in [1.807, 2.05) is 18.2 Å². The van der Waals surface area contributed by atoms with Crippen molar-refractivity contribution < 1.29 is 4.79 Å². The molecule has 21 heavy (non-hydrogen) atoms. The van der Waals surface area contributed by atoms with E-state index in [9.17, 15) is 4.79 Å². The molecule has 0 heterocycles. The summed E-state index contributed by atoms with van der Waals surface area (Å²) in [5.74, 6) is 0.594. The normalized spacial score (nSPS) is 22.8. The van der Waals surface area contributed by atoms with Gasteiger partial charge in [-0.1, -0.05) is 57.0 Å². The molecule has 1 amide bonds. The Morgan fingerprint density at radius 2 is 1.90 bits per heavy atom. The van der Waals surface area contributed by atoms with Crippen LogP contribution in [0.1, 0.15) is 51.5 Å². The Labute approximate surface area is 128 Å². The lowest BCUT2D eigenvalue weighted by atomic mass is 9.80. The predicted molar refractivity (Wildman–Crippen MR) is 87.0 cm³/mol. The second-order valence-corrected chi connectivity index (χ2v) is 6.88. The van der Waals surface area contributed by atoms with E-state index in [0.29, 0.717) is 18.9 Å². The van der Waals surface area contributed by atoms with E-state index in [2.05, 4.69) is 31.3 Å². The van der Waals surface area contributed by atoms with Gasteiger partial charge in [0.05, 0.1) is 0 Å². The molecule has 1 aliphatic carbocycles. The van der Waals surface area contributed by atoms with Crippen LogP contribution in [0.3, 0.4) is 0 Å². The Morgan fingerprint density at radius 3 is 2.57 bits per heavy atom. The SMILES string of the molecule is CC(C)(CC(=O)NC1CCCCC1CN)c1ccccc1. The lowest BCUT2D eigenvalue weighted by Gasteiger charge is -2.33. The fraction of sp³-hybridized carbons (Fsp3) is 0.611. The summed E-state index contributed by atoms with van der Waals surface area (Å²) >= 11 is 0. The highest BCUT2D eigenvalue weighted by atomic mass is 16.1. The molecule has 116 valence electrons. The Hall–Kier alpha value is -1.35. The average Bonchev–Trinajstić information content (AvgIpc) is 2.48. The van der Waals surface area contributed by atoms with Gasteiger partial charge in [-0.15, -0.1) is 0 Å². The van der Waals surface area contributed by atoms with Gasteiger partial charge in [0, 0.05) is 12.5 Å². The first-order valence-electron chi connectivity index (χ1n) is 8.08. The number of carbonyl (C=O) groups excluding carboxylic acids is 1. The smallest absolute Gasteiger partial charge is 0.221 e. The van der Waals surface area contributed by atoms with E-state index in [4.69, 9.17) is 5.73 Å². The molecule has 1 aliphatic rings. The quantitative estimate of drug-likeness (QED) is 0.875. The maximum absolute atomic E-state index is 12.4. The molecule has 1 fully saturated rings. The fourth-order valence-electron chi connectivity index (χ4n) is 3.33. The van der Waals surface area contributed by atoms with Crippen LogP contribution in [-0.2, 0) is 10.2 Å². The second kappa shape index (κ2) is 7.08. The van der Waals surface area contributed by atoms with Crippen molar-refractivity contribution >= 4 is 5.91 Å². The molecule has 2 unspecified atom stereocenters. The van der Waals surface area contributed by atoms with E-state index < -0.39 is 0 Å². The molecular formula is C18H28N2O. The van der Waals surface area contributed by atoms with Crippen LogP contribution in [0.5, 0.6) is 0 Å². The minimum absolute atomic E-state index is 0.141. The Kier molecular flexibility index (Phi) is 5.40. The van der Waals surface area contributed by atoms with Gasteiger partial charge in [0.15, 0.2) is 0 Å². The molecule has 2 rings (SSSR count). The summed E-state index contributed by atoms with van der Waals surface area (Å²) in [5.41, 5.74) is 6.90. The number of nitrogens with one attached hydrogen (secondary N) is 1. The average molecular weight is 288 g/mol. The van der Waals surface area contributed by atoms with Gasteiger partial charge >= 0.3 is 0 Å². The van der Waals surface area contributed by atoms with Crippen LogP contribution in [0, 0.1) is 5.92 Å². The lowest BCUT2D eigenvalue weighted by molar-refractivity contribution is -0.123. The van der Waals surface area contributed by atoms with Crippen molar-refractivity contribution in [3.63, 3.8) is 0 Å². The van der Waals surface area contributed by atoms with Crippen LogP contribution in [-0.4, -0.2) is 18.5 Å². The predicted octanol–water partition coefficient (Wildman–Crippen LogP) is 2.99. The van der Waals surface area contributed by atoms with Crippen molar-refractivity contribution in [2.75, 3.05) is 6.54 Å². The summed E-state index contributed by atoms with van der Waals surface area (Å²) in [7, 11) is 0. The zero-order chi connectivity index (χ0) is 15.3. The van der Waals surface area contributed by atoms with Gasteiger partial charge in [-0.2, -0.15) is 0 Å². The fourth-order valence-corrected chi connectivity index (χ4v) is 3.33. The van der Waals surface area contributed by atoms with Crippen LogP contribution < -0.4 is 11.1 Å². The number of amides is 1. The number of rotatable bonds is 5. The molecule has 1 saturated carbocycles. The van der Waals surface area contributed by atoms with Gasteiger partial charge in [0.25, 0.3) is 0 Å². The first kappa shape index (κ1) is 16.0. The van der Waals surface area contributed by atoms with Gasteiger partial charge in [0.1, 0.15) is 0 Å². The Morgan fingerprint density at radius 1 is 1.24 bits per heavy atom. The third-order valence-corrected chi connectivity index (χ3v) is 4.72. The van der Waals surface area contributed by atoms with Crippen LogP contribution >= 0.6 is 0 Å². The second-order valence-electron chi connectivity index (χ2n) is 6.88. The summed E-state index contributed by atoms with van der Waals surface area (Å²) in [4.78, 5) is 12.4. The minimum atomic E-state index is -0.141. The van der Waals surface area contributed by atoms with Gasteiger partial charge in [-0.05, 0) is 36.3 Å². The van der Waals surface area contributed by atoms with E-state index in [1.165, 1.54) is 18.4 Å². The Bertz CT molecular complexity index is 456. The van der Waals surface area contributed by atoms with Gasteiger partial charge in [-0.25, -0.2) is 0 Å². The van der Waals surface area contributed by atoms with Crippen LogP contribution in [0.4, 0.5) is 0 Å². The number of benzene rings is 1. The summed E-state index contributed by atoms with van der Waals surface area (Å²) in [5, 5.41) is 3.23. The molecule has 3 heteroatoms. The standard InChI is InChI=1S/C18H28N2O/c1-18(2,15-9-4-3-5-10-15)12-17(21)20-16-11-7-6-8-14(16)13-19/h3-5,9-10,14,16H,6-8,11-13,19H2,1-2H3,(H,20,21). The first-order valence-corrected chi connectivity index (χ1v) is 8.08. The summed E-state index contributed by atoms with van der Waals surface area (Å²) in [6.07, 6.45) is 5.17. The molecule has 0 bridgehead atoms. The molecule has 0 aliphatic heterocycles. The number of hydrogen-bond acceptors (Lipinski definition) is 2. The zero-order valence-corrected chi connectivity index (χ0v) is 13.3. The van der Waals surface area contributed by atoms with Crippen LogP contribution in [0.25, 0.3) is 0 Å². The lowest BCUT2D eigenvalue weighted by Crippen LogP contribution is -2.46.